The van der Waals surface area contributed by atoms with Gasteiger partial charge in [-0.25, -0.2) is 9.97 Å². The highest BCUT2D eigenvalue weighted by Crippen LogP contribution is 2.19. The first-order valence-corrected chi connectivity index (χ1v) is 8.21. The zero-order valence-electron chi connectivity index (χ0n) is 14.1. The Labute approximate surface area is 151 Å². The molecule has 0 bridgehead atoms. The van der Waals surface area contributed by atoms with Crippen LogP contribution in [-0.4, -0.2) is 26.8 Å². The zero-order chi connectivity index (χ0) is 17.6. The van der Waals surface area contributed by atoms with Crippen LogP contribution in [0.1, 0.15) is 11.4 Å². The number of anilines is 1. The van der Waals surface area contributed by atoms with Crippen molar-refractivity contribution in [3.8, 4) is 11.4 Å². The van der Waals surface area contributed by atoms with E-state index in [0.717, 1.165) is 17.1 Å². The van der Waals surface area contributed by atoms with Crippen molar-refractivity contribution in [2.45, 2.75) is 13.5 Å². The van der Waals surface area contributed by atoms with Crippen LogP contribution < -0.4 is 15.4 Å². The molecule has 2 N–H and O–H groups in total. The van der Waals surface area contributed by atoms with Gasteiger partial charge >= 0.3 is 0 Å². The van der Waals surface area contributed by atoms with E-state index in [0.29, 0.717) is 23.2 Å². The summed E-state index contributed by atoms with van der Waals surface area (Å²) in [5.74, 6) is 2.20. The van der Waals surface area contributed by atoms with Crippen LogP contribution in [0.25, 0.3) is 5.69 Å². The van der Waals surface area contributed by atoms with Crippen LogP contribution in [-0.2, 0) is 6.54 Å². The van der Waals surface area contributed by atoms with E-state index in [9.17, 15) is 0 Å². The van der Waals surface area contributed by atoms with E-state index < -0.39 is 0 Å². The van der Waals surface area contributed by atoms with Gasteiger partial charge in [-0.2, -0.15) is 0 Å². The van der Waals surface area contributed by atoms with Crippen molar-refractivity contribution in [1.82, 2.24) is 19.9 Å². The standard InChI is InChI=1S/C18H19N5OS/c1-13-19-10-11-23(13)15-7-5-14(6-8-15)12-21-18(25)22-17-16(24-2)4-3-9-20-17/h3-11H,12H2,1-2H3,(H2,20,21,22,25). The second-order valence-electron chi connectivity index (χ2n) is 5.37. The van der Waals surface area contributed by atoms with E-state index in [-0.39, 0.29) is 0 Å². The molecule has 25 heavy (non-hydrogen) atoms. The number of pyridine rings is 1. The van der Waals surface area contributed by atoms with Gasteiger partial charge in [0, 0.05) is 30.8 Å². The number of imidazole rings is 1. The fraction of sp³-hybridized carbons (Fsp3) is 0.167. The normalized spacial score (nSPS) is 10.3. The van der Waals surface area contributed by atoms with Crippen molar-refractivity contribution < 1.29 is 4.74 Å². The minimum absolute atomic E-state index is 0.492. The zero-order valence-corrected chi connectivity index (χ0v) is 14.9. The molecule has 128 valence electrons. The molecule has 3 aromatic rings. The fourth-order valence-electron chi connectivity index (χ4n) is 2.41. The molecular weight excluding hydrogens is 334 g/mol. The monoisotopic (exact) mass is 353 g/mol. The molecule has 2 heterocycles. The van der Waals surface area contributed by atoms with Gasteiger partial charge in [-0.1, -0.05) is 12.1 Å². The molecule has 0 aliphatic carbocycles. The summed E-state index contributed by atoms with van der Waals surface area (Å²) in [5.41, 5.74) is 2.20. The number of aromatic nitrogens is 3. The molecule has 0 saturated heterocycles. The summed E-state index contributed by atoms with van der Waals surface area (Å²) in [6.45, 7) is 2.59. The van der Waals surface area contributed by atoms with Crippen molar-refractivity contribution >= 4 is 23.1 Å². The van der Waals surface area contributed by atoms with E-state index in [1.807, 2.05) is 29.8 Å². The van der Waals surface area contributed by atoms with E-state index in [1.54, 1.807) is 19.5 Å². The Morgan fingerprint density at radius 2 is 1.96 bits per heavy atom. The Kier molecular flexibility index (Phi) is 5.25. The largest absolute Gasteiger partial charge is 0.493 e. The van der Waals surface area contributed by atoms with Crippen LogP contribution in [0.15, 0.2) is 55.0 Å². The Balaban J connectivity index is 1.58. The lowest BCUT2D eigenvalue weighted by molar-refractivity contribution is 0.415. The van der Waals surface area contributed by atoms with Gasteiger partial charge in [0.15, 0.2) is 16.7 Å². The van der Waals surface area contributed by atoms with Crippen LogP contribution >= 0.6 is 12.2 Å². The van der Waals surface area contributed by atoms with Crippen molar-refractivity contribution in [3.05, 3.63) is 66.4 Å². The minimum Gasteiger partial charge on any atom is -0.493 e. The lowest BCUT2D eigenvalue weighted by Gasteiger charge is -2.12. The summed E-state index contributed by atoms with van der Waals surface area (Å²) in [6, 6.07) is 11.9. The second kappa shape index (κ2) is 7.76. The number of hydrogen-bond acceptors (Lipinski definition) is 4. The first-order valence-electron chi connectivity index (χ1n) is 7.80. The van der Waals surface area contributed by atoms with Gasteiger partial charge in [0.2, 0.25) is 0 Å². The second-order valence-corrected chi connectivity index (χ2v) is 5.78. The number of rotatable bonds is 5. The minimum atomic E-state index is 0.492. The van der Waals surface area contributed by atoms with E-state index in [1.165, 1.54) is 0 Å². The summed E-state index contributed by atoms with van der Waals surface area (Å²) >= 11 is 5.32. The highest BCUT2D eigenvalue weighted by molar-refractivity contribution is 7.80. The number of ether oxygens (including phenoxy) is 1. The lowest BCUT2D eigenvalue weighted by Crippen LogP contribution is -2.28. The molecule has 1 aromatic carbocycles. The number of thiocarbonyl (C=S) groups is 1. The predicted octanol–water partition coefficient (Wildman–Crippen LogP) is 3.07. The molecule has 2 aromatic heterocycles. The lowest BCUT2D eigenvalue weighted by atomic mass is 10.2. The number of methoxy groups -OCH3 is 1. The van der Waals surface area contributed by atoms with Crippen molar-refractivity contribution in [3.63, 3.8) is 0 Å². The quantitative estimate of drug-likeness (QED) is 0.688. The molecule has 0 radical (unpaired) electrons. The highest BCUT2D eigenvalue weighted by Gasteiger charge is 2.05. The summed E-state index contributed by atoms with van der Waals surface area (Å²) in [7, 11) is 1.60. The van der Waals surface area contributed by atoms with Crippen molar-refractivity contribution in [2.75, 3.05) is 12.4 Å². The molecule has 0 spiro atoms. The fourth-order valence-corrected chi connectivity index (χ4v) is 2.58. The van der Waals surface area contributed by atoms with Crippen LogP contribution in [0.4, 0.5) is 5.82 Å². The van der Waals surface area contributed by atoms with E-state index in [4.69, 9.17) is 17.0 Å². The predicted molar refractivity (Wildman–Crippen MR) is 102 cm³/mol. The molecule has 6 nitrogen and oxygen atoms in total. The molecular formula is C18H19N5OS. The summed E-state index contributed by atoms with van der Waals surface area (Å²) in [6.07, 6.45) is 5.42. The third kappa shape index (κ3) is 4.13. The average Bonchev–Trinajstić information content (AvgIpc) is 3.07. The highest BCUT2D eigenvalue weighted by atomic mass is 32.1. The van der Waals surface area contributed by atoms with Crippen LogP contribution in [0.3, 0.4) is 0 Å². The molecule has 0 fully saturated rings. The number of nitrogens with zero attached hydrogens (tertiary/aromatic N) is 3. The van der Waals surface area contributed by atoms with Crippen molar-refractivity contribution in [2.24, 2.45) is 0 Å². The first-order chi connectivity index (χ1) is 12.2. The van der Waals surface area contributed by atoms with Gasteiger partial charge in [0.05, 0.1) is 7.11 Å². The molecule has 7 heteroatoms. The van der Waals surface area contributed by atoms with Gasteiger partial charge < -0.3 is 19.9 Å². The van der Waals surface area contributed by atoms with Crippen LogP contribution in [0.2, 0.25) is 0 Å². The number of benzene rings is 1. The van der Waals surface area contributed by atoms with Gasteiger partial charge in [0.1, 0.15) is 5.82 Å². The van der Waals surface area contributed by atoms with Gasteiger partial charge in [-0.05, 0) is 49.0 Å². The first kappa shape index (κ1) is 16.9. The topological polar surface area (TPSA) is 64.0 Å². The number of nitrogens with one attached hydrogen (secondary N) is 2. The molecule has 0 saturated carbocycles. The molecule has 0 aliphatic heterocycles. The summed E-state index contributed by atoms with van der Waals surface area (Å²) in [4.78, 5) is 8.46. The van der Waals surface area contributed by atoms with E-state index in [2.05, 4.69) is 44.9 Å². The maximum atomic E-state index is 5.32. The maximum absolute atomic E-state index is 5.32. The number of aryl methyl sites for hydroxylation is 1. The third-order valence-corrected chi connectivity index (χ3v) is 3.96. The SMILES string of the molecule is COc1cccnc1NC(=S)NCc1ccc(-n2ccnc2C)cc1. The van der Waals surface area contributed by atoms with Gasteiger partial charge in [0.25, 0.3) is 0 Å². The van der Waals surface area contributed by atoms with E-state index >= 15 is 0 Å². The van der Waals surface area contributed by atoms with Gasteiger partial charge in [-0.3, -0.25) is 0 Å². The molecule has 0 amide bonds. The van der Waals surface area contributed by atoms with Crippen molar-refractivity contribution in [1.29, 1.82) is 0 Å². The number of hydrogen-bond donors (Lipinski definition) is 2. The Hall–Kier alpha value is -2.93. The third-order valence-electron chi connectivity index (χ3n) is 3.72. The Bertz CT molecular complexity index is 860. The molecule has 0 atom stereocenters. The maximum Gasteiger partial charge on any atom is 0.174 e. The van der Waals surface area contributed by atoms with Gasteiger partial charge in [-0.15, -0.1) is 0 Å². The molecule has 0 unspecified atom stereocenters. The summed E-state index contributed by atoms with van der Waals surface area (Å²) < 4.78 is 7.29. The Morgan fingerprint density at radius 1 is 1.16 bits per heavy atom. The smallest absolute Gasteiger partial charge is 0.174 e. The summed E-state index contributed by atoms with van der Waals surface area (Å²) in [5, 5.41) is 6.71. The van der Waals surface area contributed by atoms with Crippen LogP contribution in [0, 0.1) is 6.92 Å². The Morgan fingerprint density at radius 3 is 2.64 bits per heavy atom. The average molecular weight is 353 g/mol. The molecule has 0 aliphatic rings. The van der Waals surface area contributed by atoms with Crippen LogP contribution in [0.5, 0.6) is 5.75 Å². The molecule has 3 rings (SSSR count).